The van der Waals surface area contributed by atoms with Gasteiger partial charge in [0.15, 0.2) is 0 Å². The number of fused-ring (bicyclic) bond motifs is 1. The second-order valence-corrected chi connectivity index (χ2v) is 7.63. The summed E-state index contributed by atoms with van der Waals surface area (Å²) < 4.78 is 11.9. The first-order valence-corrected chi connectivity index (χ1v) is 8.62. The highest BCUT2D eigenvalue weighted by molar-refractivity contribution is 5.52. The minimum Gasteiger partial charge on any atom is -0.477 e. The molecule has 1 aromatic rings. The molecule has 0 spiro atoms. The second-order valence-electron chi connectivity index (χ2n) is 7.63. The zero-order chi connectivity index (χ0) is 17.9. The van der Waals surface area contributed by atoms with Crippen LogP contribution in [-0.4, -0.2) is 42.7 Å². The summed E-state index contributed by atoms with van der Waals surface area (Å²) >= 11 is 0. The van der Waals surface area contributed by atoms with Gasteiger partial charge in [0, 0.05) is 18.5 Å². The Morgan fingerprint density at radius 1 is 1.33 bits per heavy atom. The van der Waals surface area contributed by atoms with Gasteiger partial charge in [0.25, 0.3) is 0 Å². The van der Waals surface area contributed by atoms with E-state index in [-0.39, 0.29) is 11.5 Å². The monoisotopic (exact) mass is 331 g/mol. The molecule has 2 rings (SSSR count). The Kier molecular flexibility index (Phi) is 5.84. The number of hydrogen-bond acceptors (Lipinski definition) is 5. The van der Waals surface area contributed by atoms with E-state index in [0.29, 0.717) is 31.1 Å². The molecule has 0 amide bonds. The van der Waals surface area contributed by atoms with Crippen molar-refractivity contribution in [2.45, 2.75) is 58.7 Å². The quantitative estimate of drug-likeness (QED) is 0.749. The van der Waals surface area contributed by atoms with E-state index in [1.807, 2.05) is 14.1 Å². The molecule has 0 saturated heterocycles. The fraction of sp³-hybridized carbons (Fsp3) is 0.684. The Morgan fingerprint density at radius 2 is 2.04 bits per heavy atom. The van der Waals surface area contributed by atoms with Gasteiger partial charge in [-0.1, -0.05) is 13.8 Å². The van der Waals surface area contributed by atoms with Crippen LogP contribution < -0.4 is 4.74 Å². The minimum absolute atomic E-state index is 0.264. The smallest absolute Gasteiger partial charge is 0.232 e. The number of nitrogens with zero attached hydrogens (tertiary/aromatic N) is 3. The van der Waals surface area contributed by atoms with Crippen LogP contribution in [0.25, 0.3) is 0 Å². The van der Waals surface area contributed by atoms with Gasteiger partial charge in [-0.25, -0.2) is 4.98 Å². The van der Waals surface area contributed by atoms with Gasteiger partial charge >= 0.3 is 0 Å². The third-order valence-corrected chi connectivity index (χ3v) is 4.27. The standard InChI is InChI=1S/C19H29N3O2/c1-13(2)17-16-12-24-19(3,4)10-14(16)15(11-20)18(21-17)23-9-7-8-22(5)6/h13H,7-10,12H2,1-6H3. The van der Waals surface area contributed by atoms with Gasteiger partial charge in [-0.15, -0.1) is 0 Å². The molecule has 0 radical (unpaired) electrons. The van der Waals surface area contributed by atoms with Crippen molar-refractivity contribution in [3.05, 3.63) is 22.4 Å². The zero-order valence-corrected chi connectivity index (χ0v) is 15.8. The van der Waals surface area contributed by atoms with Crippen LogP contribution in [0, 0.1) is 11.3 Å². The lowest BCUT2D eigenvalue weighted by molar-refractivity contribution is -0.0409. The van der Waals surface area contributed by atoms with E-state index in [2.05, 4.69) is 43.6 Å². The summed E-state index contributed by atoms with van der Waals surface area (Å²) in [6.07, 6.45) is 1.61. The maximum Gasteiger partial charge on any atom is 0.232 e. The van der Waals surface area contributed by atoms with E-state index >= 15 is 0 Å². The molecule has 24 heavy (non-hydrogen) atoms. The van der Waals surface area contributed by atoms with Crippen molar-refractivity contribution >= 4 is 0 Å². The lowest BCUT2D eigenvalue weighted by atomic mass is 9.86. The third kappa shape index (κ3) is 4.25. The molecule has 5 nitrogen and oxygen atoms in total. The van der Waals surface area contributed by atoms with E-state index in [0.717, 1.165) is 29.8 Å². The average molecular weight is 331 g/mol. The van der Waals surface area contributed by atoms with Gasteiger partial charge in [-0.2, -0.15) is 5.26 Å². The molecule has 0 atom stereocenters. The largest absolute Gasteiger partial charge is 0.477 e. The predicted molar refractivity (Wildman–Crippen MR) is 94.3 cm³/mol. The summed E-state index contributed by atoms with van der Waals surface area (Å²) in [5.41, 5.74) is 3.42. The molecule has 1 aliphatic heterocycles. The van der Waals surface area contributed by atoms with Crippen LogP contribution in [0.3, 0.4) is 0 Å². The Hall–Kier alpha value is -1.64. The molecule has 0 unspecified atom stereocenters. The third-order valence-electron chi connectivity index (χ3n) is 4.27. The Labute approximate surface area is 145 Å². The molecule has 0 saturated carbocycles. The first-order chi connectivity index (χ1) is 11.2. The van der Waals surface area contributed by atoms with Crippen molar-refractivity contribution in [2.75, 3.05) is 27.2 Å². The van der Waals surface area contributed by atoms with Crippen molar-refractivity contribution in [1.29, 1.82) is 5.26 Å². The maximum absolute atomic E-state index is 9.70. The highest BCUT2D eigenvalue weighted by Gasteiger charge is 2.32. The number of pyridine rings is 1. The van der Waals surface area contributed by atoms with E-state index in [9.17, 15) is 5.26 Å². The van der Waals surface area contributed by atoms with Crippen molar-refractivity contribution in [1.82, 2.24) is 9.88 Å². The maximum atomic E-state index is 9.70. The van der Waals surface area contributed by atoms with Crippen LogP contribution >= 0.6 is 0 Å². The van der Waals surface area contributed by atoms with E-state index < -0.39 is 0 Å². The summed E-state index contributed by atoms with van der Waals surface area (Å²) in [4.78, 5) is 6.80. The van der Waals surface area contributed by atoms with E-state index in [1.54, 1.807) is 0 Å². The molecule has 132 valence electrons. The molecular formula is C19H29N3O2. The Bertz CT molecular complexity index is 630. The molecule has 0 fully saturated rings. The molecule has 1 aromatic heterocycles. The number of nitriles is 1. The molecule has 1 aliphatic rings. The van der Waals surface area contributed by atoms with Crippen molar-refractivity contribution in [3.8, 4) is 11.9 Å². The van der Waals surface area contributed by atoms with Gasteiger partial charge < -0.3 is 14.4 Å². The zero-order valence-electron chi connectivity index (χ0n) is 15.8. The van der Waals surface area contributed by atoms with Crippen LogP contribution in [0.5, 0.6) is 5.88 Å². The number of ether oxygens (including phenoxy) is 2. The number of hydrogen-bond donors (Lipinski definition) is 0. The molecular weight excluding hydrogens is 302 g/mol. The average Bonchev–Trinajstić information content (AvgIpc) is 2.49. The first kappa shape index (κ1) is 18.7. The topological polar surface area (TPSA) is 58.4 Å². The summed E-state index contributed by atoms with van der Waals surface area (Å²) in [7, 11) is 4.08. The number of rotatable bonds is 6. The summed E-state index contributed by atoms with van der Waals surface area (Å²) in [5.74, 6) is 0.747. The molecule has 2 heterocycles. The predicted octanol–water partition coefficient (Wildman–Crippen LogP) is 3.26. The van der Waals surface area contributed by atoms with Crippen molar-refractivity contribution < 1.29 is 9.47 Å². The molecule has 0 bridgehead atoms. The number of aromatic nitrogens is 1. The van der Waals surface area contributed by atoms with Crippen molar-refractivity contribution in [3.63, 3.8) is 0 Å². The van der Waals surface area contributed by atoms with E-state index in [4.69, 9.17) is 9.47 Å². The molecule has 0 N–H and O–H groups in total. The van der Waals surface area contributed by atoms with Crippen LogP contribution in [0.15, 0.2) is 0 Å². The van der Waals surface area contributed by atoms with Gasteiger partial charge in [0.05, 0.1) is 24.5 Å². The van der Waals surface area contributed by atoms with Gasteiger partial charge in [-0.05, 0) is 45.8 Å². The van der Waals surface area contributed by atoms with Crippen molar-refractivity contribution in [2.24, 2.45) is 0 Å². The summed E-state index contributed by atoms with van der Waals surface area (Å²) in [6.45, 7) is 10.4. The molecule has 5 heteroatoms. The van der Waals surface area contributed by atoms with Crippen LogP contribution in [0.2, 0.25) is 0 Å². The van der Waals surface area contributed by atoms with Crippen LogP contribution in [0.4, 0.5) is 0 Å². The second kappa shape index (κ2) is 7.50. The SMILES string of the molecule is CC(C)c1nc(OCCCN(C)C)c(C#N)c2c1COC(C)(C)C2. The minimum atomic E-state index is -0.267. The Morgan fingerprint density at radius 3 is 2.62 bits per heavy atom. The van der Waals surface area contributed by atoms with Gasteiger partial charge in [0.1, 0.15) is 11.6 Å². The highest BCUT2D eigenvalue weighted by atomic mass is 16.5. The fourth-order valence-electron chi connectivity index (χ4n) is 3.01. The highest BCUT2D eigenvalue weighted by Crippen LogP contribution is 2.37. The summed E-state index contributed by atoms with van der Waals surface area (Å²) in [5, 5.41) is 9.70. The summed E-state index contributed by atoms with van der Waals surface area (Å²) in [6, 6.07) is 2.32. The van der Waals surface area contributed by atoms with Crippen LogP contribution in [-0.2, 0) is 17.8 Å². The van der Waals surface area contributed by atoms with Gasteiger partial charge in [-0.3, -0.25) is 0 Å². The normalized spacial score (nSPS) is 16.1. The lowest BCUT2D eigenvalue weighted by Gasteiger charge is -2.34. The fourth-order valence-corrected chi connectivity index (χ4v) is 3.01. The molecule has 0 aliphatic carbocycles. The van der Waals surface area contributed by atoms with Crippen LogP contribution in [0.1, 0.15) is 62.4 Å². The first-order valence-electron chi connectivity index (χ1n) is 8.62. The lowest BCUT2D eigenvalue weighted by Crippen LogP contribution is -2.33. The van der Waals surface area contributed by atoms with E-state index in [1.165, 1.54) is 0 Å². The molecule has 0 aromatic carbocycles. The van der Waals surface area contributed by atoms with Gasteiger partial charge in [0.2, 0.25) is 5.88 Å². The Balaban J connectivity index is 2.37.